The Bertz CT molecular complexity index is 1150. The Morgan fingerprint density at radius 2 is 2.03 bits per heavy atom. The van der Waals surface area contributed by atoms with Crippen molar-refractivity contribution in [3.8, 4) is 0 Å². The van der Waals surface area contributed by atoms with Crippen LogP contribution in [0.1, 0.15) is 52.8 Å². The highest BCUT2D eigenvalue weighted by molar-refractivity contribution is 7.17. The zero-order valence-corrected chi connectivity index (χ0v) is 16.9. The second-order valence-corrected chi connectivity index (χ2v) is 7.97. The molecule has 0 bridgehead atoms. The molecule has 2 heterocycles. The van der Waals surface area contributed by atoms with Crippen molar-refractivity contribution in [2.75, 3.05) is 5.32 Å². The summed E-state index contributed by atoms with van der Waals surface area (Å²) in [6.45, 7) is 1.63. The number of rotatable bonds is 5. The third kappa shape index (κ3) is 3.93. The standard InChI is InChI=1S/C21H21N3O4S/c1-2-18(25)23-15-8-4-3-7-14(15)20(27)28-12-13-11-19(26)24-16-9-5-6-10-17(16)29-21(24)22-13/h3-4,7-8,11H,2,5-6,9-10,12H2,1H3,(H,23,25). The lowest BCUT2D eigenvalue weighted by atomic mass is 10.0. The van der Waals surface area contributed by atoms with E-state index in [-0.39, 0.29) is 23.6 Å². The molecule has 3 aromatic rings. The lowest BCUT2D eigenvalue weighted by Gasteiger charge is -2.11. The molecule has 1 aromatic carbocycles. The number of nitrogens with one attached hydrogen (secondary N) is 1. The van der Waals surface area contributed by atoms with E-state index in [9.17, 15) is 14.4 Å². The topological polar surface area (TPSA) is 89.8 Å². The number of thiazole rings is 1. The van der Waals surface area contributed by atoms with Crippen molar-refractivity contribution in [1.29, 1.82) is 0 Å². The van der Waals surface area contributed by atoms with Gasteiger partial charge in [-0.05, 0) is 37.8 Å². The summed E-state index contributed by atoms with van der Waals surface area (Å²) in [5.74, 6) is -0.767. The molecule has 0 fully saturated rings. The summed E-state index contributed by atoms with van der Waals surface area (Å²) < 4.78 is 7.06. The third-order valence-corrected chi connectivity index (χ3v) is 6.05. The summed E-state index contributed by atoms with van der Waals surface area (Å²) in [5.41, 5.74) is 2.00. The number of anilines is 1. The fourth-order valence-electron chi connectivity index (χ4n) is 3.44. The van der Waals surface area contributed by atoms with E-state index in [1.807, 2.05) is 0 Å². The Morgan fingerprint density at radius 1 is 1.24 bits per heavy atom. The quantitative estimate of drug-likeness (QED) is 0.651. The molecule has 0 saturated carbocycles. The molecule has 4 rings (SSSR count). The number of carbonyl (C=O) groups is 2. The first-order chi connectivity index (χ1) is 14.1. The summed E-state index contributed by atoms with van der Waals surface area (Å²) in [6, 6.07) is 8.10. The monoisotopic (exact) mass is 411 g/mol. The van der Waals surface area contributed by atoms with E-state index < -0.39 is 5.97 Å². The molecule has 150 valence electrons. The van der Waals surface area contributed by atoms with Gasteiger partial charge in [0.05, 0.1) is 16.9 Å². The van der Waals surface area contributed by atoms with Gasteiger partial charge in [-0.15, -0.1) is 11.3 Å². The number of hydrogen-bond acceptors (Lipinski definition) is 6. The smallest absolute Gasteiger partial charge is 0.340 e. The van der Waals surface area contributed by atoms with Crippen molar-refractivity contribution in [3.05, 3.63) is 62.5 Å². The Balaban J connectivity index is 1.54. The number of amides is 1. The minimum absolute atomic E-state index is 0.108. The van der Waals surface area contributed by atoms with Crippen LogP contribution >= 0.6 is 11.3 Å². The summed E-state index contributed by atoms with van der Waals surface area (Å²) in [4.78, 5) is 43.2. The first-order valence-electron chi connectivity index (χ1n) is 9.66. The largest absolute Gasteiger partial charge is 0.456 e. The molecular weight excluding hydrogens is 390 g/mol. The second-order valence-electron chi connectivity index (χ2n) is 6.91. The molecule has 0 saturated heterocycles. The lowest BCUT2D eigenvalue weighted by Crippen LogP contribution is -2.19. The molecule has 0 atom stereocenters. The SMILES string of the molecule is CCC(=O)Nc1ccccc1C(=O)OCc1cc(=O)n2c3c(sc2n1)CCCC3. The van der Waals surface area contributed by atoms with E-state index in [1.165, 1.54) is 22.3 Å². The van der Waals surface area contributed by atoms with Crippen LogP contribution in [0.3, 0.4) is 0 Å². The van der Waals surface area contributed by atoms with Crippen LogP contribution in [-0.4, -0.2) is 21.3 Å². The van der Waals surface area contributed by atoms with E-state index >= 15 is 0 Å². The summed E-state index contributed by atoms with van der Waals surface area (Å²) in [5, 5.41) is 2.69. The molecule has 29 heavy (non-hydrogen) atoms. The van der Waals surface area contributed by atoms with Gasteiger partial charge in [-0.2, -0.15) is 0 Å². The van der Waals surface area contributed by atoms with Crippen LogP contribution in [0.4, 0.5) is 5.69 Å². The van der Waals surface area contributed by atoms with E-state index in [1.54, 1.807) is 35.6 Å². The first kappa shape index (κ1) is 19.3. The molecule has 2 aromatic heterocycles. The van der Waals surface area contributed by atoms with Crippen molar-refractivity contribution < 1.29 is 14.3 Å². The predicted molar refractivity (Wildman–Crippen MR) is 110 cm³/mol. The van der Waals surface area contributed by atoms with E-state index in [4.69, 9.17) is 4.74 Å². The first-order valence-corrected chi connectivity index (χ1v) is 10.5. The van der Waals surface area contributed by atoms with Gasteiger partial charge in [-0.25, -0.2) is 9.78 Å². The Labute approximate surface area is 171 Å². The van der Waals surface area contributed by atoms with Gasteiger partial charge in [0, 0.05) is 23.1 Å². The number of aryl methyl sites for hydroxylation is 2. The number of fused-ring (bicyclic) bond motifs is 3. The fourth-order valence-corrected chi connectivity index (χ4v) is 4.67. The van der Waals surface area contributed by atoms with Gasteiger partial charge in [0.15, 0.2) is 4.96 Å². The van der Waals surface area contributed by atoms with Gasteiger partial charge in [0.2, 0.25) is 5.91 Å². The highest BCUT2D eigenvalue weighted by Gasteiger charge is 2.19. The normalized spacial score (nSPS) is 13.1. The highest BCUT2D eigenvalue weighted by Crippen LogP contribution is 2.28. The van der Waals surface area contributed by atoms with Crippen molar-refractivity contribution in [2.45, 2.75) is 45.6 Å². The van der Waals surface area contributed by atoms with Crippen LogP contribution in [0.15, 0.2) is 35.1 Å². The fraction of sp³-hybridized carbons (Fsp3) is 0.333. The molecule has 0 unspecified atom stereocenters. The van der Waals surface area contributed by atoms with Crippen LogP contribution in [-0.2, 0) is 29.0 Å². The number of para-hydroxylation sites is 1. The van der Waals surface area contributed by atoms with Crippen LogP contribution in [0.5, 0.6) is 0 Å². The van der Waals surface area contributed by atoms with E-state index in [0.29, 0.717) is 22.8 Å². The number of hydrogen-bond donors (Lipinski definition) is 1. The highest BCUT2D eigenvalue weighted by atomic mass is 32.1. The molecule has 0 aliphatic heterocycles. The van der Waals surface area contributed by atoms with E-state index in [0.717, 1.165) is 31.4 Å². The molecule has 1 aliphatic carbocycles. The van der Waals surface area contributed by atoms with Gasteiger partial charge in [-0.3, -0.25) is 14.0 Å². The minimum atomic E-state index is -0.579. The Hall–Kier alpha value is -3.00. The number of esters is 1. The maximum Gasteiger partial charge on any atom is 0.340 e. The third-order valence-electron chi connectivity index (χ3n) is 4.91. The lowest BCUT2D eigenvalue weighted by molar-refractivity contribution is -0.115. The number of carbonyl (C=O) groups excluding carboxylic acids is 2. The van der Waals surface area contributed by atoms with Crippen LogP contribution < -0.4 is 10.9 Å². The molecule has 0 radical (unpaired) electrons. The average Bonchev–Trinajstić information content (AvgIpc) is 3.11. The molecule has 8 heteroatoms. The number of benzene rings is 1. The summed E-state index contributed by atoms with van der Waals surface area (Å²) in [7, 11) is 0. The van der Waals surface area contributed by atoms with Gasteiger partial charge in [-0.1, -0.05) is 19.1 Å². The Morgan fingerprint density at radius 3 is 2.86 bits per heavy atom. The zero-order valence-electron chi connectivity index (χ0n) is 16.1. The predicted octanol–water partition coefficient (Wildman–Crippen LogP) is 3.34. The molecule has 1 amide bonds. The Kier molecular flexibility index (Phi) is 5.44. The number of nitrogens with zero attached hydrogens (tertiary/aromatic N) is 2. The van der Waals surface area contributed by atoms with Crippen molar-refractivity contribution in [2.24, 2.45) is 0 Å². The number of ether oxygens (including phenoxy) is 1. The van der Waals surface area contributed by atoms with Crippen LogP contribution in [0.2, 0.25) is 0 Å². The maximum absolute atomic E-state index is 12.6. The van der Waals surface area contributed by atoms with Gasteiger partial charge in [0.1, 0.15) is 6.61 Å². The van der Waals surface area contributed by atoms with Crippen LogP contribution in [0.25, 0.3) is 4.96 Å². The molecular formula is C21H21N3O4S. The van der Waals surface area contributed by atoms with Crippen molar-refractivity contribution in [3.63, 3.8) is 0 Å². The van der Waals surface area contributed by atoms with Crippen molar-refractivity contribution >= 4 is 33.9 Å². The maximum atomic E-state index is 12.6. The van der Waals surface area contributed by atoms with Gasteiger partial charge >= 0.3 is 5.97 Å². The number of aromatic nitrogens is 2. The molecule has 1 N–H and O–H groups in total. The molecule has 7 nitrogen and oxygen atoms in total. The second kappa shape index (κ2) is 8.16. The average molecular weight is 411 g/mol. The van der Waals surface area contributed by atoms with Crippen LogP contribution in [0, 0.1) is 0 Å². The summed E-state index contributed by atoms with van der Waals surface area (Å²) >= 11 is 1.53. The van der Waals surface area contributed by atoms with Crippen molar-refractivity contribution in [1.82, 2.24) is 9.38 Å². The summed E-state index contributed by atoms with van der Waals surface area (Å²) in [6.07, 6.45) is 4.40. The molecule has 0 spiro atoms. The van der Waals surface area contributed by atoms with E-state index in [2.05, 4.69) is 10.3 Å². The zero-order chi connectivity index (χ0) is 20.4. The minimum Gasteiger partial charge on any atom is -0.456 e. The van der Waals surface area contributed by atoms with Gasteiger partial charge < -0.3 is 10.1 Å². The molecule has 1 aliphatic rings. The van der Waals surface area contributed by atoms with Gasteiger partial charge in [0.25, 0.3) is 5.56 Å².